The summed E-state index contributed by atoms with van der Waals surface area (Å²) < 4.78 is 21.7. The Kier molecular flexibility index (Phi) is 2.51. The highest BCUT2D eigenvalue weighted by atomic mass is 32.2. The molecule has 3 N–H and O–H groups in total. The van der Waals surface area contributed by atoms with E-state index in [0.29, 0.717) is 19.0 Å². The zero-order chi connectivity index (χ0) is 8.48. The van der Waals surface area contributed by atoms with Gasteiger partial charge in [0.1, 0.15) is 0 Å². The van der Waals surface area contributed by atoms with E-state index in [4.69, 9.17) is 5.14 Å². The number of hydrogen-bond donors (Lipinski definition) is 2. The van der Waals surface area contributed by atoms with E-state index in [1.54, 1.807) is 0 Å². The van der Waals surface area contributed by atoms with Gasteiger partial charge in [-0.15, -0.1) is 0 Å². The quantitative estimate of drug-likeness (QED) is 0.564. The Morgan fingerprint density at radius 3 is 2.45 bits per heavy atom. The van der Waals surface area contributed by atoms with Crippen LogP contribution in [0.3, 0.4) is 0 Å². The summed E-state index contributed by atoms with van der Waals surface area (Å²) in [5, 5.41) is 7.69. The topological polar surface area (TPSA) is 72.2 Å². The minimum absolute atomic E-state index is 0.376. The molecular formula is C6H14N2O2S. The maximum absolute atomic E-state index is 10.8. The van der Waals surface area contributed by atoms with Crippen molar-refractivity contribution in [2.45, 2.75) is 31.1 Å². The first-order valence-electron chi connectivity index (χ1n) is 3.75. The van der Waals surface area contributed by atoms with Crippen molar-refractivity contribution in [3.05, 3.63) is 0 Å². The van der Waals surface area contributed by atoms with Crippen molar-refractivity contribution < 1.29 is 8.42 Å². The van der Waals surface area contributed by atoms with Gasteiger partial charge in [0, 0.05) is 12.6 Å². The minimum Gasteiger partial charge on any atom is -0.313 e. The highest BCUT2D eigenvalue weighted by Crippen LogP contribution is 2.12. The van der Waals surface area contributed by atoms with E-state index in [0.717, 1.165) is 6.42 Å². The summed E-state index contributed by atoms with van der Waals surface area (Å²) in [5.41, 5.74) is 0. The van der Waals surface area contributed by atoms with E-state index < -0.39 is 10.0 Å². The van der Waals surface area contributed by atoms with Crippen molar-refractivity contribution in [1.82, 2.24) is 5.32 Å². The molecule has 1 fully saturated rings. The maximum atomic E-state index is 10.8. The Morgan fingerprint density at radius 1 is 1.45 bits per heavy atom. The van der Waals surface area contributed by atoms with E-state index in [-0.39, 0.29) is 5.25 Å². The fourth-order valence-corrected chi connectivity index (χ4v) is 2.05. The Hall–Kier alpha value is -0.130. The van der Waals surface area contributed by atoms with Crippen LogP contribution in [-0.2, 0) is 10.0 Å². The summed E-state index contributed by atoms with van der Waals surface area (Å²) in [6, 6.07) is 0.424. The molecule has 5 heteroatoms. The molecule has 0 amide bonds. The Morgan fingerprint density at radius 2 is 2.09 bits per heavy atom. The number of primary sulfonamides is 1. The molecule has 1 rings (SSSR count). The number of sulfonamides is 1. The Bertz CT molecular complexity index is 217. The van der Waals surface area contributed by atoms with Crippen molar-refractivity contribution in [1.29, 1.82) is 0 Å². The molecule has 11 heavy (non-hydrogen) atoms. The second-order valence-electron chi connectivity index (χ2n) is 3.10. The number of piperidine rings is 1. The lowest BCUT2D eigenvalue weighted by atomic mass is 10.1. The standard InChI is InChI=1S/C6H14N2O2S/c1-5-2-3-6(4-8-5)11(7,9)10/h5-6,8H,2-4H2,1H3,(H2,7,9,10). The number of rotatable bonds is 1. The molecule has 0 bridgehead atoms. The van der Waals surface area contributed by atoms with E-state index in [9.17, 15) is 8.42 Å². The van der Waals surface area contributed by atoms with Crippen molar-refractivity contribution >= 4 is 10.0 Å². The third-order valence-corrected chi connectivity index (χ3v) is 3.41. The first kappa shape index (κ1) is 8.96. The van der Waals surface area contributed by atoms with Gasteiger partial charge >= 0.3 is 0 Å². The second kappa shape index (κ2) is 3.08. The van der Waals surface area contributed by atoms with E-state index in [1.807, 2.05) is 6.92 Å². The van der Waals surface area contributed by atoms with Crippen LogP contribution in [0.2, 0.25) is 0 Å². The lowest BCUT2D eigenvalue weighted by Gasteiger charge is -2.25. The van der Waals surface area contributed by atoms with Gasteiger partial charge in [0.2, 0.25) is 10.0 Å². The Labute approximate surface area is 67.2 Å². The van der Waals surface area contributed by atoms with Crippen LogP contribution < -0.4 is 10.5 Å². The minimum atomic E-state index is -3.31. The van der Waals surface area contributed by atoms with E-state index in [1.165, 1.54) is 0 Å². The van der Waals surface area contributed by atoms with Crippen LogP contribution >= 0.6 is 0 Å². The molecular weight excluding hydrogens is 164 g/mol. The van der Waals surface area contributed by atoms with Crippen molar-refractivity contribution in [2.24, 2.45) is 5.14 Å². The first-order valence-corrected chi connectivity index (χ1v) is 5.36. The fraction of sp³-hybridized carbons (Fsp3) is 1.00. The fourth-order valence-electron chi connectivity index (χ4n) is 1.25. The van der Waals surface area contributed by atoms with Crippen LogP contribution in [0.25, 0.3) is 0 Å². The SMILES string of the molecule is CC1CCC(S(N)(=O)=O)CN1. The maximum Gasteiger partial charge on any atom is 0.213 e. The van der Waals surface area contributed by atoms with Crippen LogP contribution in [0.5, 0.6) is 0 Å². The number of hydrogen-bond acceptors (Lipinski definition) is 3. The van der Waals surface area contributed by atoms with Gasteiger partial charge in [-0.3, -0.25) is 0 Å². The van der Waals surface area contributed by atoms with Gasteiger partial charge in [0.25, 0.3) is 0 Å². The molecule has 2 unspecified atom stereocenters. The van der Waals surface area contributed by atoms with Gasteiger partial charge in [-0.25, -0.2) is 13.6 Å². The van der Waals surface area contributed by atoms with E-state index in [2.05, 4.69) is 5.32 Å². The zero-order valence-electron chi connectivity index (χ0n) is 6.58. The summed E-state index contributed by atoms with van der Waals surface area (Å²) in [6.45, 7) is 2.54. The highest BCUT2D eigenvalue weighted by Gasteiger charge is 2.25. The number of nitrogens with one attached hydrogen (secondary N) is 1. The summed E-state index contributed by atoms with van der Waals surface area (Å²) in [4.78, 5) is 0. The van der Waals surface area contributed by atoms with Crippen molar-refractivity contribution in [3.63, 3.8) is 0 Å². The molecule has 66 valence electrons. The highest BCUT2D eigenvalue weighted by molar-refractivity contribution is 7.89. The third-order valence-electron chi connectivity index (χ3n) is 2.08. The molecule has 0 saturated carbocycles. The van der Waals surface area contributed by atoms with Crippen LogP contribution in [0, 0.1) is 0 Å². The smallest absolute Gasteiger partial charge is 0.213 e. The van der Waals surface area contributed by atoms with Crippen molar-refractivity contribution in [2.75, 3.05) is 6.54 Å². The summed E-state index contributed by atoms with van der Waals surface area (Å²) >= 11 is 0. The molecule has 0 aromatic carbocycles. The van der Waals surface area contributed by atoms with Crippen LogP contribution in [0.15, 0.2) is 0 Å². The average Bonchev–Trinajstić information content (AvgIpc) is 1.86. The molecule has 0 spiro atoms. The zero-order valence-corrected chi connectivity index (χ0v) is 7.39. The molecule has 1 aliphatic heterocycles. The molecule has 0 aromatic heterocycles. The lowest BCUT2D eigenvalue weighted by molar-refractivity contribution is 0.420. The largest absolute Gasteiger partial charge is 0.313 e. The first-order chi connectivity index (χ1) is 5.00. The van der Waals surface area contributed by atoms with Gasteiger partial charge < -0.3 is 5.32 Å². The normalized spacial score (nSPS) is 33.6. The molecule has 1 saturated heterocycles. The molecule has 0 aliphatic carbocycles. The van der Waals surface area contributed by atoms with Gasteiger partial charge in [0.15, 0.2) is 0 Å². The summed E-state index contributed by atoms with van der Waals surface area (Å²) in [7, 11) is -3.31. The van der Waals surface area contributed by atoms with Gasteiger partial charge in [-0.1, -0.05) is 0 Å². The Balaban J connectivity index is 2.53. The predicted octanol–water partition coefficient (Wildman–Crippen LogP) is -0.585. The van der Waals surface area contributed by atoms with Crippen LogP contribution in [-0.4, -0.2) is 26.3 Å². The molecule has 0 aromatic rings. The lowest BCUT2D eigenvalue weighted by Crippen LogP contribution is -2.45. The molecule has 2 atom stereocenters. The van der Waals surface area contributed by atoms with Crippen LogP contribution in [0.4, 0.5) is 0 Å². The van der Waals surface area contributed by atoms with Gasteiger partial charge in [0.05, 0.1) is 5.25 Å². The number of nitrogens with two attached hydrogens (primary N) is 1. The van der Waals surface area contributed by atoms with Crippen LogP contribution in [0.1, 0.15) is 19.8 Å². The molecule has 1 aliphatic rings. The molecule has 1 heterocycles. The monoisotopic (exact) mass is 178 g/mol. The second-order valence-corrected chi connectivity index (χ2v) is 4.94. The van der Waals surface area contributed by atoms with Crippen molar-refractivity contribution in [3.8, 4) is 0 Å². The molecule has 0 radical (unpaired) electrons. The summed E-state index contributed by atoms with van der Waals surface area (Å²) in [5.74, 6) is 0. The van der Waals surface area contributed by atoms with Gasteiger partial charge in [-0.2, -0.15) is 0 Å². The molecule has 4 nitrogen and oxygen atoms in total. The van der Waals surface area contributed by atoms with E-state index >= 15 is 0 Å². The van der Waals surface area contributed by atoms with Gasteiger partial charge in [-0.05, 0) is 19.8 Å². The predicted molar refractivity (Wildman–Crippen MR) is 43.6 cm³/mol. The third kappa shape index (κ3) is 2.43. The summed E-state index contributed by atoms with van der Waals surface area (Å²) in [6.07, 6.45) is 1.58. The average molecular weight is 178 g/mol.